The number of rotatable bonds is 3. The molecule has 108 valence electrons. The largest absolute Gasteiger partial charge is 0.384 e. The first-order valence-corrected chi connectivity index (χ1v) is 6.12. The number of nitrogens with zero attached hydrogens (tertiary/aromatic N) is 3. The number of aliphatic hydroxyl groups excluding tert-OH is 1. The second kappa shape index (κ2) is 6.63. The first-order valence-electron chi connectivity index (χ1n) is 6.12. The number of aryl methyl sites for hydroxylation is 1. The number of aromatic nitrogens is 3. The molecular weight excluding hydrogens is 275 g/mol. The average Bonchev–Trinajstić information content (AvgIpc) is 2.88. The summed E-state index contributed by atoms with van der Waals surface area (Å²) < 4.78 is 15.5. The van der Waals surface area contributed by atoms with Gasteiger partial charge in [0.05, 0.1) is 12.1 Å². The monoisotopic (exact) mass is 288 g/mol. The summed E-state index contributed by atoms with van der Waals surface area (Å²) in [4.78, 5) is 11.9. The maximum absolute atomic E-state index is 13.8. The zero-order valence-corrected chi connectivity index (χ0v) is 11.3. The van der Waals surface area contributed by atoms with Gasteiger partial charge >= 0.3 is 0 Å². The maximum Gasteiger partial charge on any atom is 0.254 e. The molecule has 7 heteroatoms. The van der Waals surface area contributed by atoms with Crippen molar-refractivity contribution in [3.05, 3.63) is 47.3 Å². The first-order chi connectivity index (χ1) is 10.1. The van der Waals surface area contributed by atoms with Crippen LogP contribution in [0.1, 0.15) is 21.7 Å². The molecule has 0 spiro atoms. The smallest absolute Gasteiger partial charge is 0.254 e. The van der Waals surface area contributed by atoms with E-state index in [-0.39, 0.29) is 18.7 Å². The lowest BCUT2D eigenvalue weighted by Gasteiger charge is -2.06. The van der Waals surface area contributed by atoms with Gasteiger partial charge in [0.1, 0.15) is 18.8 Å². The van der Waals surface area contributed by atoms with Crippen LogP contribution in [0.3, 0.4) is 0 Å². The molecule has 0 radical (unpaired) electrons. The topological polar surface area (TPSA) is 80.0 Å². The van der Waals surface area contributed by atoms with E-state index in [2.05, 4.69) is 27.4 Å². The Balaban J connectivity index is 2.07. The third kappa shape index (κ3) is 3.64. The van der Waals surface area contributed by atoms with Gasteiger partial charge in [-0.1, -0.05) is 11.8 Å². The Bertz CT molecular complexity index is 715. The van der Waals surface area contributed by atoms with Gasteiger partial charge in [-0.15, -0.1) is 10.2 Å². The van der Waals surface area contributed by atoms with Crippen LogP contribution in [-0.4, -0.2) is 32.4 Å². The van der Waals surface area contributed by atoms with Crippen molar-refractivity contribution in [3.8, 4) is 11.8 Å². The average molecular weight is 288 g/mol. The molecule has 21 heavy (non-hydrogen) atoms. The Morgan fingerprint density at radius 1 is 1.52 bits per heavy atom. The van der Waals surface area contributed by atoms with E-state index in [1.807, 2.05) is 0 Å². The van der Waals surface area contributed by atoms with E-state index in [1.165, 1.54) is 18.5 Å². The minimum absolute atomic E-state index is 0.0771. The summed E-state index contributed by atoms with van der Waals surface area (Å²) in [5, 5.41) is 18.6. The second-order valence-corrected chi connectivity index (χ2v) is 4.20. The van der Waals surface area contributed by atoms with Crippen LogP contribution in [0.15, 0.2) is 24.5 Å². The summed E-state index contributed by atoms with van der Waals surface area (Å²) in [7, 11) is 1.75. The summed E-state index contributed by atoms with van der Waals surface area (Å²) in [6.45, 7) is -0.150. The zero-order chi connectivity index (χ0) is 15.2. The fourth-order valence-corrected chi connectivity index (χ4v) is 1.64. The molecule has 0 aliphatic heterocycles. The van der Waals surface area contributed by atoms with Crippen molar-refractivity contribution in [2.75, 3.05) is 6.61 Å². The van der Waals surface area contributed by atoms with Crippen molar-refractivity contribution in [3.63, 3.8) is 0 Å². The van der Waals surface area contributed by atoms with Crippen molar-refractivity contribution in [2.24, 2.45) is 7.05 Å². The summed E-state index contributed by atoms with van der Waals surface area (Å²) >= 11 is 0. The highest BCUT2D eigenvalue weighted by molar-refractivity contribution is 5.94. The Labute approximate surface area is 120 Å². The van der Waals surface area contributed by atoms with E-state index in [0.717, 1.165) is 6.07 Å². The lowest BCUT2D eigenvalue weighted by atomic mass is 10.1. The highest BCUT2D eigenvalue weighted by Crippen LogP contribution is 2.10. The standard InChI is InChI=1S/C14H13FN4O2/c1-19-9-17-18-13(19)8-16-14(21)11-5-4-10(3-2-6-20)7-12(11)15/h4-5,7,9,20H,6,8H2,1H3,(H,16,21). The van der Waals surface area contributed by atoms with Gasteiger partial charge in [-0.05, 0) is 18.2 Å². The van der Waals surface area contributed by atoms with Crippen LogP contribution in [0.25, 0.3) is 0 Å². The molecule has 0 aliphatic rings. The molecule has 0 atom stereocenters. The Hall–Kier alpha value is -2.72. The second-order valence-electron chi connectivity index (χ2n) is 4.20. The van der Waals surface area contributed by atoms with E-state index >= 15 is 0 Å². The van der Waals surface area contributed by atoms with Crippen LogP contribution >= 0.6 is 0 Å². The predicted molar refractivity (Wildman–Crippen MR) is 72.5 cm³/mol. The summed E-state index contributed by atoms with van der Waals surface area (Å²) in [6.07, 6.45) is 1.51. The quantitative estimate of drug-likeness (QED) is 0.792. The molecule has 2 aromatic rings. The van der Waals surface area contributed by atoms with Gasteiger partial charge in [-0.25, -0.2) is 4.39 Å². The van der Waals surface area contributed by atoms with E-state index < -0.39 is 11.7 Å². The fraction of sp³-hybridized carbons (Fsp3) is 0.214. The van der Waals surface area contributed by atoms with Gasteiger partial charge in [0, 0.05) is 12.6 Å². The number of halogens is 1. The predicted octanol–water partition coefficient (Wildman–Crippen LogP) is 0.228. The third-order valence-corrected chi connectivity index (χ3v) is 2.74. The van der Waals surface area contributed by atoms with E-state index in [4.69, 9.17) is 5.11 Å². The number of aliphatic hydroxyl groups is 1. The number of hydrogen-bond acceptors (Lipinski definition) is 4. The van der Waals surface area contributed by atoms with E-state index in [1.54, 1.807) is 11.6 Å². The minimum atomic E-state index is -0.671. The third-order valence-electron chi connectivity index (χ3n) is 2.74. The molecule has 1 aromatic heterocycles. The van der Waals surface area contributed by atoms with Crippen molar-refractivity contribution in [2.45, 2.75) is 6.54 Å². The molecule has 0 fully saturated rings. The summed E-state index contributed by atoms with van der Waals surface area (Å²) in [5.41, 5.74) is 0.318. The first kappa shape index (κ1) is 14.7. The van der Waals surface area contributed by atoms with Crippen LogP contribution in [0.4, 0.5) is 4.39 Å². The molecule has 0 saturated carbocycles. The molecule has 0 aliphatic carbocycles. The summed E-state index contributed by atoms with van der Waals surface area (Å²) in [6, 6.07) is 4.02. The van der Waals surface area contributed by atoms with Crippen molar-refractivity contribution < 1.29 is 14.3 Å². The molecule has 0 bridgehead atoms. The highest BCUT2D eigenvalue weighted by Gasteiger charge is 2.12. The molecule has 0 unspecified atom stereocenters. The van der Waals surface area contributed by atoms with Crippen molar-refractivity contribution in [1.29, 1.82) is 0 Å². The van der Waals surface area contributed by atoms with Crippen LogP contribution in [0.2, 0.25) is 0 Å². The molecule has 6 nitrogen and oxygen atoms in total. The molecule has 0 saturated heterocycles. The van der Waals surface area contributed by atoms with Gasteiger partial charge in [-0.2, -0.15) is 0 Å². The van der Waals surface area contributed by atoms with Gasteiger partial charge < -0.3 is 15.0 Å². The van der Waals surface area contributed by atoms with Gasteiger partial charge in [0.25, 0.3) is 5.91 Å². The van der Waals surface area contributed by atoms with Crippen LogP contribution in [0, 0.1) is 17.7 Å². The fourth-order valence-electron chi connectivity index (χ4n) is 1.64. The number of carbonyl (C=O) groups excluding carboxylic acids is 1. The Morgan fingerprint density at radius 3 is 2.95 bits per heavy atom. The number of carbonyl (C=O) groups is 1. The van der Waals surface area contributed by atoms with Crippen LogP contribution in [0.5, 0.6) is 0 Å². The molecular formula is C14H13FN4O2. The molecule has 2 rings (SSSR count). The van der Waals surface area contributed by atoms with Gasteiger partial charge in [0.15, 0.2) is 5.82 Å². The number of amides is 1. The van der Waals surface area contributed by atoms with Crippen molar-refractivity contribution >= 4 is 5.91 Å². The minimum Gasteiger partial charge on any atom is -0.384 e. The Kier molecular flexibility index (Phi) is 4.64. The lowest BCUT2D eigenvalue weighted by molar-refractivity contribution is 0.0945. The number of benzene rings is 1. The van der Waals surface area contributed by atoms with Crippen molar-refractivity contribution in [1.82, 2.24) is 20.1 Å². The zero-order valence-electron chi connectivity index (χ0n) is 11.3. The molecule has 2 N–H and O–H groups in total. The maximum atomic E-state index is 13.8. The van der Waals surface area contributed by atoms with Gasteiger partial charge in [-0.3, -0.25) is 4.79 Å². The van der Waals surface area contributed by atoms with E-state index in [0.29, 0.717) is 11.4 Å². The Morgan fingerprint density at radius 2 is 2.33 bits per heavy atom. The summed E-state index contributed by atoms with van der Waals surface area (Å²) in [5.74, 6) is 4.33. The van der Waals surface area contributed by atoms with Gasteiger partial charge in [0.2, 0.25) is 0 Å². The normalized spacial score (nSPS) is 9.86. The SMILES string of the molecule is Cn1cnnc1CNC(=O)c1ccc(C#CCO)cc1F. The van der Waals surface area contributed by atoms with Crippen LogP contribution < -0.4 is 5.32 Å². The number of hydrogen-bond donors (Lipinski definition) is 2. The lowest BCUT2D eigenvalue weighted by Crippen LogP contribution is -2.25. The number of nitrogens with one attached hydrogen (secondary N) is 1. The molecule has 1 heterocycles. The van der Waals surface area contributed by atoms with E-state index in [9.17, 15) is 9.18 Å². The molecule has 1 amide bonds. The van der Waals surface area contributed by atoms with Crippen LogP contribution in [-0.2, 0) is 13.6 Å². The highest BCUT2D eigenvalue weighted by atomic mass is 19.1. The molecule has 1 aromatic carbocycles.